The quantitative estimate of drug-likeness (QED) is 0.668. The van der Waals surface area contributed by atoms with Crippen LogP contribution in [0.5, 0.6) is 5.75 Å². The predicted molar refractivity (Wildman–Crippen MR) is 64.3 cm³/mol. The second-order valence-corrected chi connectivity index (χ2v) is 3.63. The zero-order valence-corrected chi connectivity index (χ0v) is 10.0. The van der Waals surface area contributed by atoms with Gasteiger partial charge in [0.15, 0.2) is 6.61 Å². The molecular formula is C10H10Cl2N2O2. The maximum absolute atomic E-state index is 11.1. The van der Waals surface area contributed by atoms with Crippen molar-refractivity contribution in [2.45, 2.75) is 6.92 Å². The third kappa shape index (κ3) is 4.08. The Hall–Kier alpha value is -1.26. The van der Waals surface area contributed by atoms with Gasteiger partial charge in [0.05, 0.1) is 5.02 Å². The summed E-state index contributed by atoms with van der Waals surface area (Å²) in [5, 5.41) is 4.43. The van der Waals surface area contributed by atoms with E-state index in [1.807, 2.05) is 0 Å². The van der Waals surface area contributed by atoms with Crippen LogP contribution in [-0.2, 0) is 4.79 Å². The lowest BCUT2D eigenvalue weighted by atomic mass is 10.3. The van der Waals surface area contributed by atoms with E-state index in [1.165, 1.54) is 6.21 Å². The number of nitrogens with zero attached hydrogens (tertiary/aromatic N) is 1. The second kappa shape index (κ2) is 6.35. The Bertz CT molecular complexity index is 408. The average molecular weight is 261 g/mol. The molecule has 0 saturated heterocycles. The molecule has 0 aromatic heterocycles. The fourth-order valence-corrected chi connectivity index (χ4v) is 1.37. The summed E-state index contributed by atoms with van der Waals surface area (Å²) in [6.07, 6.45) is 1.47. The molecule has 0 aliphatic carbocycles. The molecule has 1 N–H and O–H groups in total. The van der Waals surface area contributed by atoms with Gasteiger partial charge in [-0.25, -0.2) is 5.43 Å². The minimum atomic E-state index is -0.357. The van der Waals surface area contributed by atoms with Crippen LogP contribution in [0.25, 0.3) is 0 Å². The van der Waals surface area contributed by atoms with Crippen LogP contribution >= 0.6 is 23.2 Å². The van der Waals surface area contributed by atoms with Gasteiger partial charge < -0.3 is 4.74 Å². The van der Waals surface area contributed by atoms with Crippen LogP contribution in [0.3, 0.4) is 0 Å². The lowest BCUT2D eigenvalue weighted by molar-refractivity contribution is -0.123. The minimum absolute atomic E-state index is 0.154. The normalized spacial score (nSPS) is 10.4. The first-order chi connectivity index (χ1) is 7.63. The van der Waals surface area contributed by atoms with Crippen LogP contribution in [0.4, 0.5) is 0 Å². The van der Waals surface area contributed by atoms with Crippen molar-refractivity contribution in [3.8, 4) is 5.75 Å². The number of carbonyl (C=O) groups is 1. The van der Waals surface area contributed by atoms with Gasteiger partial charge >= 0.3 is 0 Å². The van der Waals surface area contributed by atoms with Crippen molar-refractivity contribution in [1.29, 1.82) is 0 Å². The maximum atomic E-state index is 11.1. The Kier molecular flexibility index (Phi) is 5.08. The zero-order valence-electron chi connectivity index (χ0n) is 8.54. The molecule has 1 rings (SSSR count). The Labute approximate surface area is 103 Å². The summed E-state index contributed by atoms with van der Waals surface area (Å²) in [5.41, 5.74) is 2.27. The van der Waals surface area contributed by atoms with Gasteiger partial charge in [0.1, 0.15) is 5.75 Å². The standard InChI is InChI=1S/C10H10Cl2N2O2/c1-2-13-14-10(15)6-16-9-4-3-7(11)5-8(9)12/h2-5H,6H2,1H3,(H,14,15). The highest BCUT2D eigenvalue weighted by molar-refractivity contribution is 6.35. The van der Waals surface area contributed by atoms with E-state index in [-0.39, 0.29) is 12.5 Å². The summed E-state index contributed by atoms with van der Waals surface area (Å²) in [7, 11) is 0. The fourth-order valence-electron chi connectivity index (χ4n) is 0.904. The molecule has 1 aromatic carbocycles. The van der Waals surface area contributed by atoms with Crippen LogP contribution in [-0.4, -0.2) is 18.7 Å². The van der Waals surface area contributed by atoms with E-state index in [1.54, 1.807) is 25.1 Å². The summed E-state index contributed by atoms with van der Waals surface area (Å²) in [4.78, 5) is 11.1. The molecule has 0 saturated carbocycles. The molecule has 0 atom stereocenters. The van der Waals surface area contributed by atoms with E-state index in [4.69, 9.17) is 27.9 Å². The number of amides is 1. The first kappa shape index (κ1) is 12.8. The van der Waals surface area contributed by atoms with Crippen LogP contribution in [0, 0.1) is 0 Å². The molecule has 0 heterocycles. The van der Waals surface area contributed by atoms with Crippen molar-refractivity contribution >= 4 is 35.3 Å². The number of rotatable bonds is 4. The lowest BCUT2D eigenvalue weighted by Crippen LogP contribution is -2.24. The van der Waals surface area contributed by atoms with E-state index in [0.29, 0.717) is 15.8 Å². The molecule has 0 fully saturated rings. The molecular weight excluding hydrogens is 251 g/mol. The molecule has 0 aliphatic rings. The predicted octanol–water partition coefficient (Wildman–Crippen LogP) is 2.49. The monoisotopic (exact) mass is 260 g/mol. The first-order valence-electron chi connectivity index (χ1n) is 4.48. The number of halogens is 2. The average Bonchev–Trinajstić information content (AvgIpc) is 2.25. The van der Waals surface area contributed by atoms with Crippen LogP contribution in [0.1, 0.15) is 6.92 Å². The molecule has 0 radical (unpaired) electrons. The minimum Gasteiger partial charge on any atom is -0.482 e. The van der Waals surface area contributed by atoms with Crippen molar-refractivity contribution < 1.29 is 9.53 Å². The second-order valence-electron chi connectivity index (χ2n) is 2.79. The van der Waals surface area contributed by atoms with Gasteiger partial charge in [-0.3, -0.25) is 4.79 Å². The Morgan fingerprint density at radius 3 is 2.94 bits per heavy atom. The van der Waals surface area contributed by atoms with Crippen LogP contribution in [0.15, 0.2) is 23.3 Å². The van der Waals surface area contributed by atoms with Gasteiger partial charge in [0, 0.05) is 11.2 Å². The van der Waals surface area contributed by atoms with Crippen LogP contribution in [0.2, 0.25) is 10.0 Å². The third-order valence-electron chi connectivity index (χ3n) is 1.57. The van der Waals surface area contributed by atoms with Gasteiger partial charge in [0.2, 0.25) is 0 Å². The highest BCUT2D eigenvalue weighted by atomic mass is 35.5. The Morgan fingerprint density at radius 1 is 1.56 bits per heavy atom. The number of benzene rings is 1. The van der Waals surface area contributed by atoms with Crippen LogP contribution < -0.4 is 10.2 Å². The lowest BCUT2D eigenvalue weighted by Gasteiger charge is -2.06. The SMILES string of the molecule is CC=NNC(=O)COc1ccc(Cl)cc1Cl. The van der Waals surface area contributed by atoms with Gasteiger partial charge in [-0.2, -0.15) is 5.10 Å². The highest BCUT2D eigenvalue weighted by Gasteiger charge is 2.05. The smallest absolute Gasteiger partial charge is 0.277 e. The topological polar surface area (TPSA) is 50.7 Å². The van der Waals surface area contributed by atoms with Gasteiger partial charge in [-0.15, -0.1) is 0 Å². The number of nitrogens with one attached hydrogen (secondary N) is 1. The molecule has 1 aromatic rings. The van der Waals surface area contributed by atoms with E-state index in [2.05, 4.69) is 10.5 Å². The Balaban J connectivity index is 2.51. The Morgan fingerprint density at radius 2 is 2.31 bits per heavy atom. The molecule has 0 bridgehead atoms. The summed E-state index contributed by atoms with van der Waals surface area (Å²) in [6.45, 7) is 1.54. The third-order valence-corrected chi connectivity index (χ3v) is 2.10. The first-order valence-corrected chi connectivity index (χ1v) is 5.23. The largest absolute Gasteiger partial charge is 0.482 e. The van der Waals surface area contributed by atoms with Gasteiger partial charge in [-0.05, 0) is 25.1 Å². The molecule has 6 heteroatoms. The van der Waals surface area contributed by atoms with Gasteiger partial charge in [0.25, 0.3) is 5.91 Å². The molecule has 0 unspecified atom stereocenters. The number of ether oxygens (including phenoxy) is 1. The molecule has 0 spiro atoms. The van der Waals surface area contributed by atoms with Crippen molar-refractivity contribution in [3.05, 3.63) is 28.2 Å². The van der Waals surface area contributed by atoms with E-state index < -0.39 is 0 Å². The van der Waals surface area contributed by atoms with Gasteiger partial charge in [-0.1, -0.05) is 23.2 Å². The number of carbonyl (C=O) groups excluding carboxylic acids is 1. The molecule has 4 nitrogen and oxygen atoms in total. The summed E-state index contributed by atoms with van der Waals surface area (Å²) in [6, 6.07) is 4.77. The zero-order chi connectivity index (χ0) is 12.0. The molecule has 0 aliphatic heterocycles. The van der Waals surface area contributed by atoms with Crippen molar-refractivity contribution in [3.63, 3.8) is 0 Å². The fraction of sp³-hybridized carbons (Fsp3) is 0.200. The summed E-state index contributed by atoms with van der Waals surface area (Å²) >= 11 is 11.6. The summed E-state index contributed by atoms with van der Waals surface area (Å²) in [5.74, 6) is 0.0470. The van der Waals surface area contributed by atoms with Crippen molar-refractivity contribution in [1.82, 2.24) is 5.43 Å². The number of hydrogen-bond donors (Lipinski definition) is 1. The number of hydrazone groups is 1. The van der Waals surface area contributed by atoms with E-state index in [0.717, 1.165) is 0 Å². The highest BCUT2D eigenvalue weighted by Crippen LogP contribution is 2.27. The summed E-state index contributed by atoms with van der Waals surface area (Å²) < 4.78 is 5.17. The van der Waals surface area contributed by atoms with E-state index in [9.17, 15) is 4.79 Å². The van der Waals surface area contributed by atoms with Crippen molar-refractivity contribution in [2.75, 3.05) is 6.61 Å². The van der Waals surface area contributed by atoms with Crippen molar-refractivity contribution in [2.24, 2.45) is 5.10 Å². The van der Waals surface area contributed by atoms with E-state index >= 15 is 0 Å². The maximum Gasteiger partial charge on any atom is 0.277 e. The molecule has 16 heavy (non-hydrogen) atoms. The number of hydrogen-bond acceptors (Lipinski definition) is 3. The molecule has 86 valence electrons. The molecule has 1 amide bonds.